The zero-order valence-electron chi connectivity index (χ0n) is 11.2. The van der Waals surface area contributed by atoms with Crippen molar-refractivity contribution in [1.29, 1.82) is 0 Å². The summed E-state index contributed by atoms with van der Waals surface area (Å²) in [7, 11) is 0. The molecule has 2 rings (SSSR count). The SMILES string of the molecule is Cc1cc(F)cc(C(=O)N2CCCC2CCCO)c1. The lowest BCUT2D eigenvalue weighted by Crippen LogP contribution is -2.35. The fourth-order valence-corrected chi connectivity index (χ4v) is 2.76. The van der Waals surface area contributed by atoms with E-state index in [1.807, 2.05) is 4.90 Å². The maximum absolute atomic E-state index is 13.4. The van der Waals surface area contributed by atoms with Gasteiger partial charge in [-0.3, -0.25) is 4.79 Å². The first-order valence-electron chi connectivity index (χ1n) is 6.81. The molecule has 104 valence electrons. The first-order valence-corrected chi connectivity index (χ1v) is 6.81. The number of benzene rings is 1. The van der Waals surface area contributed by atoms with Crippen molar-refractivity contribution in [3.05, 3.63) is 35.1 Å². The number of hydrogen-bond donors (Lipinski definition) is 1. The molecule has 1 N–H and O–H groups in total. The number of aryl methyl sites for hydroxylation is 1. The van der Waals surface area contributed by atoms with Crippen molar-refractivity contribution < 1.29 is 14.3 Å². The van der Waals surface area contributed by atoms with E-state index in [1.54, 1.807) is 13.0 Å². The van der Waals surface area contributed by atoms with Crippen molar-refractivity contribution in [2.75, 3.05) is 13.2 Å². The molecule has 0 spiro atoms. The number of aliphatic hydroxyl groups is 1. The third-order valence-electron chi connectivity index (χ3n) is 3.62. The van der Waals surface area contributed by atoms with Gasteiger partial charge < -0.3 is 10.0 Å². The minimum absolute atomic E-state index is 0.0944. The molecule has 0 aliphatic carbocycles. The second-order valence-corrected chi connectivity index (χ2v) is 5.18. The number of nitrogens with zero attached hydrogens (tertiary/aromatic N) is 1. The lowest BCUT2D eigenvalue weighted by atomic mass is 10.1. The van der Waals surface area contributed by atoms with Gasteiger partial charge in [-0.25, -0.2) is 4.39 Å². The van der Waals surface area contributed by atoms with Gasteiger partial charge in [-0.1, -0.05) is 0 Å². The lowest BCUT2D eigenvalue weighted by molar-refractivity contribution is 0.0724. The number of halogens is 1. The van der Waals surface area contributed by atoms with E-state index in [9.17, 15) is 9.18 Å². The highest BCUT2D eigenvalue weighted by Crippen LogP contribution is 2.24. The van der Waals surface area contributed by atoms with Crippen molar-refractivity contribution in [1.82, 2.24) is 4.90 Å². The number of likely N-dealkylation sites (tertiary alicyclic amines) is 1. The van der Waals surface area contributed by atoms with Crippen LogP contribution in [0.2, 0.25) is 0 Å². The second kappa shape index (κ2) is 6.15. The van der Waals surface area contributed by atoms with E-state index in [4.69, 9.17) is 5.11 Å². The normalized spacial score (nSPS) is 18.9. The lowest BCUT2D eigenvalue weighted by Gasteiger charge is -2.24. The zero-order chi connectivity index (χ0) is 13.8. The summed E-state index contributed by atoms with van der Waals surface area (Å²) < 4.78 is 13.4. The summed E-state index contributed by atoms with van der Waals surface area (Å²) in [6.07, 6.45) is 3.48. The Balaban J connectivity index is 2.13. The molecule has 1 aromatic carbocycles. The van der Waals surface area contributed by atoms with Crippen LogP contribution >= 0.6 is 0 Å². The summed E-state index contributed by atoms with van der Waals surface area (Å²) in [5.74, 6) is -0.461. The molecule has 1 aliphatic heterocycles. The fourth-order valence-electron chi connectivity index (χ4n) is 2.76. The van der Waals surface area contributed by atoms with Crippen molar-refractivity contribution in [3.63, 3.8) is 0 Å². The number of carbonyl (C=O) groups excluding carboxylic acids is 1. The van der Waals surface area contributed by atoms with Crippen LogP contribution in [0, 0.1) is 12.7 Å². The number of amides is 1. The predicted octanol–water partition coefficient (Wildman–Crippen LogP) is 2.51. The molecule has 0 saturated carbocycles. The average molecular weight is 265 g/mol. The summed E-state index contributed by atoms with van der Waals surface area (Å²) in [6.45, 7) is 2.66. The fraction of sp³-hybridized carbons (Fsp3) is 0.533. The molecule has 1 saturated heterocycles. The van der Waals surface area contributed by atoms with Gasteiger partial charge in [-0.15, -0.1) is 0 Å². The highest BCUT2D eigenvalue weighted by Gasteiger charge is 2.29. The third-order valence-corrected chi connectivity index (χ3v) is 3.62. The summed E-state index contributed by atoms with van der Waals surface area (Å²) in [5, 5.41) is 8.89. The van der Waals surface area contributed by atoms with Crippen LogP contribution in [0.1, 0.15) is 41.6 Å². The summed E-state index contributed by atoms with van der Waals surface area (Å²) in [5.41, 5.74) is 1.18. The van der Waals surface area contributed by atoms with Gasteiger partial charge in [0.05, 0.1) is 0 Å². The molecule has 0 bridgehead atoms. The molecule has 0 radical (unpaired) electrons. The Morgan fingerprint density at radius 1 is 1.47 bits per heavy atom. The number of carbonyl (C=O) groups is 1. The van der Waals surface area contributed by atoms with Gasteiger partial charge >= 0.3 is 0 Å². The Bertz CT molecular complexity index is 441. The van der Waals surface area contributed by atoms with Crippen LogP contribution in [0.4, 0.5) is 4.39 Å². The number of rotatable bonds is 4. The van der Waals surface area contributed by atoms with Gasteiger partial charge in [0, 0.05) is 24.8 Å². The molecular formula is C15H20FNO2. The van der Waals surface area contributed by atoms with E-state index in [1.165, 1.54) is 12.1 Å². The van der Waals surface area contributed by atoms with E-state index in [-0.39, 0.29) is 24.4 Å². The van der Waals surface area contributed by atoms with Crippen LogP contribution in [0.15, 0.2) is 18.2 Å². The van der Waals surface area contributed by atoms with Crippen molar-refractivity contribution in [2.24, 2.45) is 0 Å². The van der Waals surface area contributed by atoms with Crippen molar-refractivity contribution in [3.8, 4) is 0 Å². The van der Waals surface area contributed by atoms with Crippen LogP contribution in [0.3, 0.4) is 0 Å². The van der Waals surface area contributed by atoms with Gasteiger partial charge in [0.2, 0.25) is 0 Å². The molecule has 1 atom stereocenters. The Labute approximate surface area is 113 Å². The number of hydrogen-bond acceptors (Lipinski definition) is 2. The van der Waals surface area contributed by atoms with Crippen LogP contribution in [0.5, 0.6) is 0 Å². The molecule has 1 aliphatic rings. The van der Waals surface area contributed by atoms with E-state index in [0.717, 1.165) is 31.4 Å². The quantitative estimate of drug-likeness (QED) is 0.908. The first kappa shape index (κ1) is 14.0. The second-order valence-electron chi connectivity index (χ2n) is 5.18. The van der Waals surface area contributed by atoms with Gasteiger partial charge in [0.25, 0.3) is 5.91 Å². The zero-order valence-corrected chi connectivity index (χ0v) is 11.2. The molecular weight excluding hydrogens is 245 g/mol. The van der Waals surface area contributed by atoms with E-state index < -0.39 is 0 Å². The maximum atomic E-state index is 13.4. The molecule has 1 fully saturated rings. The molecule has 1 unspecified atom stereocenters. The van der Waals surface area contributed by atoms with Gasteiger partial charge in [-0.2, -0.15) is 0 Å². The summed E-state index contributed by atoms with van der Waals surface area (Å²) in [4.78, 5) is 14.2. The van der Waals surface area contributed by atoms with Crippen molar-refractivity contribution in [2.45, 2.75) is 38.6 Å². The van der Waals surface area contributed by atoms with Crippen LogP contribution in [-0.4, -0.2) is 35.1 Å². The van der Waals surface area contributed by atoms with Gasteiger partial charge in [-0.05, 0) is 56.4 Å². The third kappa shape index (κ3) is 3.32. The Kier molecular flexibility index (Phi) is 4.53. The largest absolute Gasteiger partial charge is 0.396 e. The highest BCUT2D eigenvalue weighted by atomic mass is 19.1. The Morgan fingerprint density at radius 2 is 2.26 bits per heavy atom. The Hall–Kier alpha value is -1.42. The smallest absolute Gasteiger partial charge is 0.254 e. The van der Waals surface area contributed by atoms with Crippen molar-refractivity contribution >= 4 is 5.91 Å². The monoisotopic (exact) mass is 265 g/mol. The topological polar surface area (TPSA) is 40.5 Å². The highest BCUT2D eigenvalue weighted by molar-refractivity contribution is 5.94. The van der Waals surface area contributed by atoms with Crippen LogP contribution in [-0.2, 0) is 0 Å². The summed E-state index contributed by atoms with van der Waals surface area (Å²) >= 11 is 0. The van der Waals surface area contributed by atoms with Crippen LogP contribution in [0.25, 0.3) is 0 Å². The average Bonchev–Trinajstić information content (AvgIpc) is 2.82. The molecule has 1 amide bonds. The predicted molar refractivity (Wildman–Crippen MR) is 71.5 cm³/mol. The molecule has 3 nitrogen and oxygen atoms in total. The van der Waals surface area contributed by atoms with Gasteiger partial charge in [0.1, 0.15) is 5.82 Å². The summed E-state index contributed by atoms with van der Waals surface area (Å²) in [6, 6.07) is 4.64. The maximum Gasteiger partial charge on any atom is 0.254 e. The van der Waals surface area contributed by atoms with Gasteiger partial charge in [0.15, 0.2) is 0 Å². The van der Waals surface area contributed by atoms with Crippen LogP contribution < -0.4 is 0 Å². The van der Waals surface area contributed by atoms with E-state index in [2.05, 4.69) is 0 Å². The van der Waals surface area contributed by atoms with E-state index >= 15 is 0 Å². The molecule has 1 aromatic rings. The minimum atomic E-state index is -0.366. The molecule has 4 heteroatoms. The van der Waals surface area contributed by atoms with E-state index in [0.29, 0.717) is 12.0 Å². The Morgan fingerprint density at radius 3 is 2.95 bits per heavy atom. The number of aliphatic hydroxyl groups excluding tert-OH is 1. The first-order chi connectivity index (χ1) is 9.11. The molecule has 1 heterocycles. The minimum Gasteiger partial charge on any atom is -0.396 e. The molecule has 0 aromatic heterocycles. The molecule has 19 heavy (non-hydrogen) atoms. The standard InChI is InChI=1S/C15H20FNO2/c1-11-8-12(10-13(16)9-11)15(19)17-6-2-4-14(17)5-3-7-18/h8-10,14,18H,2-7H2,1H3.